The van der Waals surface area contributed by atoms with Gasteiger partial charge in [-0.3, -0.25) is 4.79 Å². The van der Waals surface area contributed by atoms with Gasteiger partial charge in [0.2, 0.25) is 5.91 Å². The third kappa shape index (κ3) is 2.34. The molecule has 0 aliphatic heterocycles. The summed E-state index contributed by atoms with van der Waals surface area (Å²) in [6, 6.07) is 9.60. The number of halogens is 1. The molecule has 0 aromatic heterocycles. The largest absolute Gasteiger partial charge is 0.366 e. The van der Waals surface area contributed by atoms with Crippen molar-refractivity contribution in [2.75, 3.05) is 0 Å². The molecular formula is C15H16ClNO. The van der Waals surface area contributed by atoms with Crippen LogP contribution in [0, 0.1) is 0 Å². The van der Waals surface area contributed by atoms with Crippen molar-refractivity contribution in [1.82, 2.24) is 0 Å². The van der Waals surface area contributed by atoms with Gasteiger partial charge in [0.25, 0.3) is 0 Å². The first-order valence-electron chi connectivity index (χ1n) is 6.06. The number of rotatable bonds is 3. The van der Waals surface area contributed by atoms with Gasteiger partial charge in [0, 0.05) is 10.6 Å². The van der Waals surface area contributed by atoms with Crippen LogP contribution >= 0.6 is 11.6 Å². The predicted octanol–water partition coefficient (Wildman–Crippen LogP) is 4.11. The van der Waals surface area contributed by atoms with Crippen molar-refractivity contribution in [3.63, 3.8) is 0 Å². The van der Waals surface area contributed by atoms with Crippen LogP contribution in [-0.4, -0.2) is 5.91 Å². The van der Waals surface area contributed by atoms with E-state index in [0.29, 0.717) is 16.5 Å². The highest BCUT2D eigenvalue weighted by atomic mass is 35.5. The highest BCUT2D eigenvalue weighted by Gasteiger charge is 2.11. The van der Waals surface area contributed by atoms with Crippen molar-refractivity contribution in [1.29, 1.82) is 0 Å². The fourth-order valence-electron chi connectivity index (χ4n) is 2.08. The monoisotopic (exact) mass is 261 g/mol. The Hall–Kier alpha value is -1.54. The average molecular weight is 262 g/mol. The first-order chi connectivity index (χ1) is 8.52. The van der Waals surface area contributed by atoms with Gasteiger partial charge in [-0.25, -0.2) is 0 Å². The second-order valence-electron chi connectivity index (χ2n) is 4.61. The number of carbonyl (C=O) groups excluding carboxylic acids is 1. The topological polar surface area (TPSA) is 43.1 Å². The number of carbonyl (C=O) groups is 1. The Balaban J connectivity index is 2.70. The SMILES string of the molecule is CCC(C)c1ccc2cc(Cl)cc(C(N)=O)c2c1. The van der Waals surface area contributed by atoms with Gasteiger partial charge in [-0.05, 0) is 40.8 Å². The highest BCUT2D eigenvalue weighted by Crippen LogP contribution is 2.28. The molecule has 2 nitrogen and oxygen atoms in total. The van der Waals surface area contributed by atoms with E-state index in [2.05, 4.69) is 19.9 Å². The molecule has 3 heteroatoms. The first-order valence-corrected chi connectivity index (χ1v) is 6.43. The van der Waals surface area contributed by atoms with Gasteiger partial charge in [0.05, 0.1) is 0 Å². The van der Waals surface area contributed by atoms with Crippen LogP contribution in [-0.2, 0) is 0 Å². The molecule has 0 spiro atoms. The lowest BCUT2D eigenvalue weighted by molar-refractivity contribution is 0.100. The summed E-state index contributed by atoms with van der Waals surface area (Å²) in [7, 11) is 0. The van der Waals surface area contributed by atoms with Crippen molar-refractivity contribution in [2.45, 2.75) is 26.2 Å². The van der Waals surface area contributed by atoms with Gasteiger partial charge in [0.15, 0.2) is 0 Å². The number of benzene rings is 2. The maximum absolute atomic E-state index is 11.5. The summed E-state index contributed by atoms with van der Waals surface area (Å²) in [6.07, 6.45) is 1.06. The molecule has 94 valence electrons. The standard InChI is InChI=1S/C15H16ClNO/c1-3-9(2)10-4-5-11-6-12(16)8-14(15(17)18)13(11)7-10/h4-9H,3H2,1-2H3,(H2,17,18). The summed E-state index contributed by atoms with van der Waals surface area (Å²) in [4.78, 5) is 11.5. The molecule has 0 fully saturated rings. The molecular weight excluding hydrogens is 246 g/mol. The number of fused-ring (bicyclic) bond motifs is 1. The zero-order chi connectivity index (χ0) is 13.3. The van der Waals surface area contributed by atoms with Crippen molar-refractivity contribution in [3.8, 4) is 0 Å². The summed E-state index contributed by atoms with van der Waals surface area (Å²) in [5.74, 6) is 0.0228. The number of primary amides is 1. The van der Waals surface area contributed by atoms with Gasteiger partial charge in [0.1, 0.15) is 0 Å². The van der Waals surface area contributed by atoms with E-state index in [0.717, 1.165) is 17.2 Å². The lowest BCUT2D eigenvalue weighted by atomic mass is 9.94. The van der Waals surface area contributed by atoms with Crippen LogP contribution in [0.1, 0.15) is 42.1 Å². The van der Waals surface area contributed by atoms with E-state index in [-0.39, 0.29) is 0 Å². The fourth-order valence-corrected chi connectivity index (χ4v) is 2.31. The molecule has 0 aliphatic rings. The highest BCUT2D eigenvalue weighted by molar-refractivity contribution is 6.32. The number of hydrogen-bond donors (Lipinski definition) is 1. The van der Waals surface area contributed by atoms with Crippen LogP contribution in [0.25, 0.3) is 10.8 Å². The molecule has 18 heavy (non-hydrogen) atoms. The lowest BCUT2D eigenvalue weighted by Gasteiger charge is -2.12. The molecule has 0 saturated heterocycles. The van der Waals surface area contributed by atoms with Gasteiger partial charge in [-0.1, -0.05) is 43.6 Å². The van der Waals surface area contributed by atoms with Crippen LogP contribution in [0.2, 0.25) is 5.02 Å². The van der Waals surface area contributed by atoms with Crippen molar-refractivity contribution in [2.24, 2.45) is 5.73 Å². The minimum Gasteiger partial charge on any atom is -0.366 e. The van der Waals surface area contributed by atoms with E-state index in [1.165, 1.54) is 5.56 Å². The van der Waals surface area contributed by atoms with Gasteiger partial charge in [-0.2, -0.15) is 0 Å². The van der Waals surface area contributed by atoms with E-state index < -0.39 is 5.91 Å². The molecule has 0 aliphatic carbocycles. The molecule has 2 N–H and O–H groups in total. The summed E-state index contributed by atoms with van der Waals surface area (Å²) >= 11 is 5.99. The minimum absolute atomic E-state index is 0.441. The molecule has 0 saturated carbocycles. The molecule has 2 aromatic rings. The maximum Gasteiger partial charge on any atom is 0.249 e. The minimum atomic E-state index is -0.441. The van der Waals surface area contributed by atoms with Crippen molar-refractivity contribution < 1.29 is 4.79 Å². The third-order valence-electron chi connectivity index (χ3n) is 3.39. The Bertz CT molecular complexity index is 607. The van der Waals surface area contributed by atoms with E-state index in [9.17, 15) is 4.79 Å². The van der Waals surface area contributed by atoms with E-state index >= 15 is 0 Å². The summed E-state index contributed by atoms with van der Waals surface area (Å²) in [5.41, 5.74) is 7.12. The maximum atomic E-state index is 11.5. The van der Waals surface area contributed by atoms with Gasteiger partial charge < -0.3 is 5.73 Å². The molecule has 0 radical (unpaired) electrons. The molecule has 2 aromatic carbocycles. The fraction of sp³-hybridized carbons (Fsp3) is 0.267. The average Bonchev–Trinajstić information content (AvgIpc) is 2.36. The van der Waals surface area contributed by atoms with E-state index in [4.69, 9.17) is 17.3 Å². The molecule has 0 heterocycles. The van der Waals surface area contributed by atoms with Crippen molar-refractivity contribution >= 4 is 28.3 Å². The summed E-state index contributed by atoms with van der Waals surface area (Å²) < 4.78 is 0. The van der Waals surface area contributed by atoms with Crippen LogP contribution in [0.15, 0.2) is 30.3 Å². The van der Waals surface area contributed by atoms with E-state index in [1.54, 1.807) is 6.07 Å². The number of nitrogens with two attached hydrogens (primary N) is 1. The predicted molar refractivity (Wildman–Crippen MR) is 76.2 cm³/mol. The molecule has 1 unspecified atom stereocenters. The Morgan fingerprint density at radius 1 is 1.33 bits per heavy atom. The molecule has 2 rings (SSSR count). The van der Waals surface area contributed by atoms with Gasteiger partial charge in [-0.15, -0.1) is 0 Å². The number of amides is 1. The Morgan fingerprint density at radius 3 is 2.67 bits per heavy atom. The third-order valence-corrected chi connectivity index (χ3v) is 3.61. The van der Waals surface area contributed by atoms with Crippen LogP contribution in [0.3, 0.4) is 0 Å². The molecule has 0 bridgehead atoms. The molecule has 1 atom stereocenters. The normalized spacial score (nSPS) is 12.6. The van der Waals surface area contributed by atoms with Crippen molar-refractivity contribution in [3.05, 3.63) is 46.5 Å². The van der Waals surface area contributed by atoms with Crippen LogP contribution < -0.4 is 5.73 Å². The Morgan fingerprint density at radius 2 is 2.06 bits per heavy atom. The second-order valence-corrected chi connectivity index (χ2v) is 5.04. The quantitative estimate of drug-likeness (QED) is 0.888. The number of hydrogen-bond acceptors (Lipinski definition) is 1. The Kier molecular flexibility index (Phi) is 3.58. The zero-order valence-corrected chi connectivity index (χ0v) is 11.3. The van der Waals surface area contributed by atoms with Crippen LogP contribution in [0.5, 0.6) is 0 Å². The summed E-state index contributed by atoms with van der Waals surface area (Å²) in [5, 5.41) is 2.36. The summed E-state index contributed by atoms with van der Waals surface area (Å²) in [6.45, 7) is 4.31. The van der Waals surface area contributed by atoms with Crippen LogP contribution in [0.4, 0.5) is 0 Å². The first kappa shape index (κ1) is 12.9. The van der Waals surface area contributed by atoms with E-state index in [1.807, 2.05) is 18.2 Å². The Labute approximate surface area is 112 Å². The van der Waals surface area contributed by atoms with Gasteiger partial charge >= 0.3 is 0 Å². The lowest BCUT2D eigenvalue weighted by Crippen LogP contribution is -2.11. The molecule has 1 amide bonds. The zero-order valence-electron chi connectivity index (χ0n) is 10.5. The second kappa shape index (κ2) is 4.99. The smallest absolute Gasteiger partial charge is 0.249 e.